The molecule has 0 aliphatic rings. The highest BCUT2D eigenvalue weighted by Crippen LogP contribution is 2.39. The van der Waals surface area contributed by atoms with Crippen molar-refractivity contribution in [1.82, 2.24) is 0 Å². The highest BCUT2D eigenvalue weighted by atomic mass is 35.5. The monoisotopic (exact) mass is 461 g/mol. The zero-order valence-corrected chi connectivity index (χ0v) is 16.7. The number of methoxy groups -OCH3 is 1. The number of aliphatic carboxylic acids is 1. The summed E-state index contributed by atoms with van der Waals surface area (Å²) in [6.07, 6.45) is -4.62. The van der Waals surface area contributed by atoms with Crippen molar-refractivity contribution >= 4 is 29.2 Å². The number of benzene rings is 2. The summed E-state index contributed by atoms with van der Waals surface area (Å²) in [6.45, 7) is 1.23. The summed E-state index contributed by atoms with van der Waals surface area (Å²) >= 11 is 5.84. The molecule has 0 amide bonds. The van der Waals surface area contributed by atoms with Crippen LogP contribution in [0.15, 0.2) is 36.4 Å². The second-order valence-electron chi connectivity index (χ2n) is 6.35. The van der Waals surface area contributed by atoms with Crippen LogP contribution in [-0.4, -0.2) is 29.1 Å². The number of nitro benzene ring substituents is 1. The molecule has 12 heteroatoms. The maximum atomic E-state index is 12.8. The maximum Gasteiger partial charge on any atom is 0.416 e. The van der Waals surface area contributed by atoms with Gasteiger partial charge in [0.25, 0.3) is 5.69 Å². The lowest BCUT2D eigenvalue weighted by Crippen LogP contribution is -2.27. The molecule has 0 aliphatic heterocycles. The van der Waals surface area contributed by atoms with E-state index in [0.29, 0.717) is 6.07 Å². The molecule has 2 aromatic rings. The molecule has 0 aromatic heterocycles. The van der Waals surface area contributed by atoms with Gasteiger partial charge in [0.05, 0.1) is 28.5 Å². The Bertz CT molecular complexity index is 1030. The van der Waals surface area contributed by atoms with E-state index in [4.69, 9.17) is 16.3 Å². The fourth-order valence-corrected chi connectivity index (χ4v) is 3.06. The first-order chi connectivity index (χ1) is 14.4. The van der Waals surface area contributed by atoms with Gasteiger partial charge in [0.2, 0.25) is 0 Å². The molecule has 1 N–H and O–H groups in total. The molecular weight excluding hydrogens is 447 g/mol. The summed E-state index contributed by atoms with van der Waals surface area (Å²) in [7, 11) is 1.04. The van der Waals surface area contributed by atoms with Crippen molar-refractivity contribution in [1.29, 1.82) is 0 Å². The maximum absolute atomic E-state index is 12.8. The normalized spacial score (nSPS) is 13.2. The van der Waals surface area contributed by atoms with Gasteiger partial charge >= 0.3 is 18.1 Å². The Morgan fingerprint density at radius 1 is 1.19 bits per heavy atom. The summed E-state index contributed by atoms with van der Waals surface area (Å²) in [5.74, 6) is -5.69. The van der Waals surface area contributed by atoms with Crippen molar-refractivity contribution in [2.24, 2.45) is 5.92 Å². The lowest BCUT2D eigenvalue weighted by Gasteiger charge is -2.19. The first-order valence-corrected chi connectivity index (χ1v) is 8.88. The molecule has 2 aromatic carbocycles. The van der Waals surface area contributed by atoms with Gasteiger partial charge in [-0.3, -0.25) is 19.7 Å². The predicted molar refractivity (Wildman–Crippen MR) is 101 cm³/mol. The molecule has 0 saturated heterocycles. The Labute approximate surface area is 178 Å². The number of esters is 1. The molecule has 2 rings (SSSR count). The van der Waals surface area contributed by atoms with Crippen molar-refractivity contribution in [3.05, 3.63) is 62.7 Å². The van der Waals surface area contributed by atoms with Gasteiger partial charge in [0.15, 0.2) is 0 Å². The number of nitro groups is 1. The number of rotatable bonds is 7. The molecular formula is C19H15ClF3NO7. The quantitative estimate of drug-likeness (QED) is 0.349. The number of alkyl halides is 3. The molecule has 0 bridgehead atoms. The Morgan fingerprint density at radius 2 is 1.84 bits per heavy atom. The summed E-state index contributed by atoms with van der Waals surface area (Å²) < 4.78 is 48.3. The van der Waals surface area contributed by atoms with Gasteiger partial charge in [-0.2, -0.15) is 13.2 Å². The third-order valence-corrected chi connectivity index (χ3v) is 4.65. The minimum Gasteiger partial charge on any atom is -0.481 e. The topological polar surface area (TPSA) is 116 Å². The molecule has 2 atom stereocenters. The minimum absolute atomic E-state index is 0.134. The van der Waals surface area contributed by atoms with E-state index in [1.54, 1.807) is 0 Å². The molecule has 0 aliphatic carbocycles. The van der Waals surface area contributed by atoms with E-state index in [1.807, 2.05) is 0 Å². The van der Waals surface area contributed by atoms with E-state index in [0.717, 1.165) is 37.4 Å². The summed E-state index contributed by atoms with van der Waals surface area (Å²) in [6, 6.07) is 5.43. The Hall–Kier alpha value is -3.34. The van der Waals surface area contributed by atoms with Gasteiger partial charge in [0.1, 0.15) is 17.4 Å². The minimum atomic E-state index is -4.62. The summed E-state index contributed by atoms with van der Waals surface area (Å²) in [5.41, 5.74) is -1.95. The lowest BCUT2D eigenvalue weighted by atomic mass is 9.86. The molecule has 0 fully saturated rings. The fraction of sp³-hybridized carbons (Fsp3) is 0.263. The van der Waals surface area contributed by atoms with E-state index in [-0.39, 0.29) is 22.1 Å². The summed E-state index contributed by atoms with van der Waals surface area (Å²) in [5, 5.41) is 20.6. The highest BCUT2D eigenvalue weighted by molar-refractivity contribution is 6.32. The van der Waals surface area contributed by atoms with Crippen LogP contribution in [0.2, 0.25) is 5.02 Å². The van der Waals surface area contributed by atoms with Gasteiger partial charge in [-0.1, -0.05) is 18.5 Å². The number of nitrogens with zero attached hydrogens (tertiary/aromatic N) is 1. The molecule has 0 radical (unpaired) electrons. The Kier molecular flexibility index (Phi) is 7.11. The largest absolute Gasteiger partial charge is 0.481 e. The second-order valence-corrected chi connectivity index (χ2v) is 6.76. The van der Waals surface area contributed by atoms with E-state index < -0.39 is 46.1 Å². The van der Waals surface area contributed by atoms with Crippen molar-refractivity contribution in [2.75, 3.05) is 7.11 Å². The van der Waals surface area contributed by atoms with E-state index in [2.05, 4.69) is 4.74 Å². The average Bonchev–Trinajstić information content (AvgIpc) is 2.67. The van der Waals surface area contributed by atoms with Crippen LogP contribution in [0.25, 0.3) is 0 Å². The number of carboxylic acids is 1. The third kappa shape index (κ3) is 5.43. The highest BCUT2D eigenvalue weighted by Gasteiger charge is 2.37. The van der Waals surface area contributed by atoms with E-state index >= 15 is 0 Å². The molecule has 166 valence electrons. The molecule has 2 unspecified atom stereocenters. The number of carboxylic acid groups (broad SMARTS) is 1. The van der Waals surface area contributed by atoms with E-state index in [9.17, 15) is 38.0 Å². The number of ether oxygens (including phenoxy) is 2. The van der Waals surface area contributed by atoms with Crippen LogP contribution in [0.3, 0.4) is 0 Å². The Balaban J connectivity index is 2.52. The number of carbonyl (C=O) groups is 2. The van der Waals surface area contributed by atoms with Gasteiger partial charge in [-0.05, 0) is 30.3 Å². The van der Waals surface area contributed by atoms with Crippen LogP contribution < -0.4 is 4.74 Å². The van der Waals surface area contributed by atoms with Crippen molar-refractivity contribution in [2.45, 2.75) is 19.0 Å². The molecule has 0 spiro atoms. The fourth-order valence-electron chi connectivity index (χ4n) is 2.84. The van der Waals surface area contributed by atoms with Crippen LogP contribution in [-0.2, 0) is 20.5 Å². The van der Waals surface area contributed by atoms with Crippen molar-refractivity contribution in [3.8, 4) is 11.5 Å². The van der Waals surface area contributed by atoms with E-state index in [1.165, 1.54) is 6.92 Å². The van der Waals surface area contributed by atoms with Crippen LogP contribution in [0.4, 0.5) is 18.9 Å². The van der Waals surface area contributed by atoms with Crippen molar-refractivity contribution in [3.63, 3.8) is 0 Å². The smallest absolute Gasteiger partial charge is 0.416 e. The number of hydrogen-bond donors (Lipinski definition) is 1. The average molecular weight is 462 g/mol. The number of halogens is 4. The second kappa shape index (κ2) is 9.21. The van der Waals surface area contributed by atoms with Crippen molar-refractivity contribution < 1.29 is 42.3 Å². The first kappa shape index (κ1) is 23.9. The van der Waals surface area contributed by atoms with Crippen LogP contribution in [0, 0.1) is 16.0 Å². The van der Waals surface area contributed by atoms with Gasteiger partial charge in [-0.15, -0.1) is 0 Å². The van der Waals surface area contributed by atoms with Gasteiger partial charge in [0, 0.05) is 11.6 Å². The van der Waals surface area contributed by atoms with Gasteiger partial charge < -0.3 is 14.6 Å². The zero-order chi connectivity index (χ0) is 23.5. The lowest BCUT2D eigenvalue weighted by molar-refractivity contribution is -0.385. The van der Waals surface area contributed by atoms with Crippen LogP contribution >= 0.6 is 11.6 Å². The first-order valence-electron chi connectivity index (χ1n) is 8.50. The van der Waals surface area contributed by atoms with Gasteiger partial charge in [-0.25, -0.2) is 0 Å². The SMILES string of the molecule is COC(=O)C(C)C(C(=O)O)c1cc(Oc2ccc(C(F)(F)F)cc2Cl)ccc1[N+](=O)[O-]. The molecule has 0 saturated carbocycles. The molecule has 8 nitrogen and oxygen atoms in total. The Morgan fingerprint density at radius 3 is 2.32 bits per heavy atom. The molecule has 31 heavy (non-hydrogen) atoms. The summed E-state index contributed by atoms with van der Waals surface area (Å²) in [4.78, 5) is 34.2. The molecule has 0 heterocycles. The predicted octanol–water partition coefficient (Wildman–Crippen LogP) is 5.04. The number of carbonyl (C=O) groups excluding carboxylic acids is 1. The van der Waals surface area contributed by atoms with Crippen LogP contribution in [0.5, 0.6) is 11.5 Å². The standard InChI is InChI=1S/C19H15ClF3NO7/c1-9(18(27)30-2)16(17(25)26)12-8-11(4-5-14(12)24(28)29)31-15-6-3-10(7-13(15)20)19(21,22)23/h3-9,16H,1-2H3,(H,25,26). The third-order valence-electron chi connectivity index (χ3n) is 4.36. The zero-order valence-electron chi connectivity index (χ0n) is 16.0. The van der Waals surface area contributed by atoms with Crippen LogP contribution in [0.1, 0.15) is 24.0 Å². The number of hydrogen-bond acceptors (Lipinski definition) is 6.